The molecule has 0 fully saturated rings. The van der Waals surface area contributed by atoms with Crippen LogP contribution in [0.1, 0.15) is 13.3 Å². The van der Waals surface area contributed by atoms with Gasteiger partial charge in [-0.15, -0.1) is 0 Å². The Kier molecular flexibility index (Phi) is 5.06. The van der Waals surface area contributed by atoms with Gasteiger partial charge in [0, 0.05) is 13.6 Å². The van der Waals surface area contributed by atoms with Crippen LogP contribution >= 0.6 is 0 Å². The Hall–Kier alpha value is -2.13. The number of hydrogen-bond acceptors (Lipinski definition) is 6. The molecule has 20 heavy (non-hydrogen) atoms. The molecule has 0 saturated carbocycles. The molecule has 0 aromatic carbocycles. The summed E-state index contributed by atoms with van der Waals surface area (Å²) in [4.78, 5) is 18.4. The maximum Gasteiger partial charge on any atom is 0.405 e. The van der Waals surface area contributed by atoms with Crippen molar-refractivity contribution < 1.29 is 18.1 Å². The second-order valence-electron chi connectivity index (χ2n) is 3.94. The predicted molar refractivity (Wildman–Crippen MR) is 66.8 cm³/mol. The summed E-state index contributed by atoms with van der Waals surface area (Å²) in [5.74, 6) is -0.461. The van der Waals surface area contributed by atoms with Crippen LogP contribution in [-0.4, -0.2) is 41.2 Å². The van der Waals surface area contributed by atoms with Crippen molar-refractivity contribution in [3.8, 4) is 0 Å². The first-order valence-corrected chi connectivity index (χ1v) is 5.79. The average molecular weight is 293 g/mol. The number of aromatic nitrogens is 2. The molecule has 1 rings (SSSR count). The van der Waals surface area contributed by atoms with Gasteiger partial charge >= 0.3 is 11.9 Å². The monoisotopic (exact) mass is 293 g/mol. The lowest BCUT2D eigenvalue weighted by molar-refractivity contribution is -0.383. The summed E-state index contributed by atoms with van der Waals surface area (Å²) < 4.78 is 37.7. The lowest BCUT2D eigenvalue weighted by atomic mass is 10.3. The highest BCUT2D eigenvalue weighted by Gasteiger charge is 2.35. The number of nitrogens with one attached hydrogen (secondary N) is 1. The van der Waals surface area contributed by atoms with Gasteiger partial charge in [-0.05, 0) is 6.42 Å². The maximum atomic E-state index is 12.6. The molecule has 0 aliphatic heterocycles. The Morgan fingerprint density at radius 3 is 2.55 bits per heavy atom. The van der Waals surface area contributed by atoms with E-state index in [9.17, 15) is 23.3 Å². The largest absolute Gasteiger partial charge is 0.405 e. The SMILES string of the molecule is CCCN(CC(F)(F)F)c1ncnc(NC)c1[N+](=O)[O-]. The standard InChI is InChI=1S/C10H14F3N5O2/c1-3-4-17(5-10(11,12)13)9-7(18(19)20)8(14-2)15-6-16-9/h6H,3-5H2,1-2H3,(H,14,15,16). The molecule has 0 atom stereocenters. The van der Waals surface area contributed by atoms with Gasteiger partial charge in [0.05, 0.1) is 4.92 Å². The topological polar surface area (TPSA) is 84.2 Å². The fraction of sp³-hybridized carbons (Fsp3) is 0.600. The third-order valence-electron chi connectivity index (χ3n) is 2.39. The predicted octanol–water partition coefficient (Wildman–Crippen LogP) is 2.21. The van der Waals surface area contributed by atoms with E-state index >= 15 is 0 Å². The van der Waals surface area contributed by atoms with Crippen molar-refractivity contribution in [2.75, 3.05) is 30.4 Å². The van der Waals surface area contributed by atoms with Gasteiger partial charge in [0.2, 0.25) is 11.6 Å². The fourth-order valence-corrected chi connectivity index (χ4v) is 1.70. The molecular weight excluding hydrogens is 279 g/mol. The molecule has 1 heterocycles. The molecular formula is C10H14F3N5O2. The average Bonchev–Trinajstić information content (AvgIpc) is 2.35. The molecule has 0 saturated heterocycles. The van der Waals surface area contributed by atoms with Crippen LogP contribution < -0.4 is 10.2 Å². The Morgan fingerprint density at radius 2 is 2.10 bits per heavy atom. The summed E-state index contributed by atoms with van der Waals surface area (Å²) in [6, 6.07) is 0. The third-order valence-corrected chi connectivity index (χ3v) is 2.39. The van der Waals surface area contributed by atoms with Crippen molar-refractivity contribution in [3.05, 3.63) is 16.4 Å². The number of nitrogens with zero attached hydrogens (tertiary/aromatic N) is 4. The van der Waals surface area contributed by atoms with Crippen molar-refractivity contribution in [1.29, 1.82) is 0 Å². The molecule has 0 aliphatic carbocycles. The van der Waals surface area contributed by atoms with E-state index in [1.807, 2.05) is 0 Å². The summed E-state index contributed by atoms with van der Waals surface area (Å²) >= 11 is 0. The number of halogens is 3. The fourth-order valence-electron chi connectivity index (χ4n) is 1.70. The Balaban J connectivity index is 3.28. The molecule has 1 aromatic rings. The highest BCUT2D eigenvalue weighted by Crippen LogP contribution is 2.33. The highest BCUT2D eigenvalue weighted by atomic mass is 19.4. The normalized spacial score (nSPS) is 11.2. The minimum absolute atomic E-state index is 0.000514. The first kappa shape index (κ1) is 15.9. The molecule has 112 valence electrons. The lowest BCUT2D eigenvalue weighted by Gasteiger charge is -2.24. The van der Waals surface area contributed by atoms with E-state index in [1.165, 1.54) is 7.05 Å². The molecule has 1 aromatic heterocycles. The van der Waals surface area contributed by atoms with Crippen molar-refractivity contribution in [2.45, 2.75) is 19.5 Å². The van der Waals surface area contributed by atoms with E-state index in [4.69, 9.17) is 0 Å². The van der Waals surface area contributed by atoms with E-state index in [0.29, 0.717) is 6.42 Å². The van der Waals surface area contributed by atoms with Crippen LogP contribution in [0.3, 0.4) is 0 Å². The summed E-state index contributed by atoms with van der Waals surface area (Å²) in [6.07, 6.45) is -3.09. The zero-order chi connectivity index (χ0) is 15.3. The molecule has 10 heteroatoms. The molecule has 0 aliphatic rings. The molecule has 0 spiro atoms. The molecule has 1 N–H and O–H groups in total. The highest BCUT2D eigenvalue weighted by molar-refractivity contribution is 5.70. The number of alkyl halides is 3. The lowest BCUT2D eigenvalue weighted by Crippen LogP contribution is -2.36. The number of rotatable bonds is 6. The van der Waals surface area contributed by atoms with Crippen LogP contribution in [0.2, 0.25) is 0 Å². The summed E-state index contributed by atoms with van der Waals surface area (Å²) in [6.45, 7) is 0.373. The van der Waals surface area contributed by atoms with Crippen molar-refractivity contribution in [2.24, 2.45) is 0 Å². The van der Waals surface area contributed by atoms with E-state index in [2.05, 4.69) is 15.3 Å². The molecule has 0 amide bonds. The zero-order valence-corrected chi connectivity index (χ0v) is 10.9. The van der Waals surface area contributed by atoms with Gasteiger partial charge in [0.25, 0.3) is 0 Å². The van der Waals surface area contributed by atoms with Gasteiger partial charge in [-0.1, -0.05) is 6.92 Å². The first-order valence-electron chi connectivity index (χ1n) is 5.79. The van der Waals surface area contributed by atoms with Gasteiger partial charge in [-0.2, -0.15) is 13.2 Å². The first-order chi connectivity index (χ1) is 9.30. The Morgan fingerprint density at radius 1 is 1.45 bits per heavy atom. The van der Waals surface area contributed by atoms with E-state index in [-0.39, 0.29) is 18.2 Å². The Labute approximate surface area is 113 Å². The van der Waals surface area contributed by atoms with Crippen LogP contribution in [0.5, 0.6) is 0 Å². The summed E-state index contributed by atoms with van der Waals surface area (Å²) in [5.41, 5.74) is -0.562. The van der Waals surface area contributed by atoms with Gasteiger partial charge in [0.1, 0.15) is 12.9 Å². The van der Waals surface area contributed by atoms with Crippen LogP contribution in [0, 0.1) is 10.1 Å². The van der Waals surface area contributed by atoms with E-state index < -0.39 is 23.3 Å². The second-order valence-corrected chi connectivity index (χ2v) is 3.94. The maximum absolute atomic E-state index is 12.6. The van der Waals surface area contributed by atoms with Gasteiger partial charge in [0.15, 0.2) is 0 Å². The molecule has 0 unspecified atom stereocenters. The number of anilines is 2. The van der Waals surface area contributed by atoms with Gasteiger partial charge < -0.3 is 10.2 Å². The van der Waals surface area contributed by atoms with E-state index in [1.54, 1.807) is 6.92 Å². The number of hydrogen-bond donors (Lipinski definition) is 1. The van der Waals surface area contributed by atoms with Crippen LogP contribution in [0.25, 0.3) is 0 Å². The van der Waals surface area contributed by atoms with Crippen molar-refractivity contribution >= 4 is 17.3 Å². The van der Waals surface area contributed by atoms with Crippen molar-refractivity contribution in [1.82, 2.24) is 9.97 Å². The third kappa shape index (κ3) is 3.93. The molecule has 7 nitrogen and oxygen atoms in total. The van der Waals surface area contributed by atoms with Gasteiger partial charge in [-0.3, -0.25) is 10.1 Å². The minimum Gasteiger partial charge on any atom is -0.367 e. The molecule has 0 bridgehead atoms. The number of nitro groups is 1. The second kappa shape index (κ2) is 6.35. The minimum atomic E-state index is -4.48. The smallest absolute Gasteiger partial charge is 0.367 e. The van der Waals surface area contributed by atoms with Crippen LogP contribution in [0.4, 0.5) is 30.5 Å². The Bertz CT molecular complexity index is 480. The molecule has 0 radical (unpaired) electrons. The zero-order valence-electron chi connectivity index (χ0n) is 10.9. The quantitative estimate of drug-likeness (QED) is 0.639. The van der Waals surface area contributed by atoms with Gasteiger partial charge in [-0.25, -0.2) is 9.97 Å². The van der Waals surface area contributed by atoms with Crippen LogP contribution in [0.15, 0.2) is 6.33 Å². The van der Waals surface area contributed by atoms with Crippen molar-refractivity contribution in [3.63, 3.8) is 0 Å². The van der Waals surface area contributed by atoms with Crippen LogP contribution in [-0.2, 0) is 0 Å². The summed E-state index contributed by atoms with van der Waals surface area (Å²) in [5, 5.41) is 13.5. The summed E-state index contributed by atoms with van der Waals surface area (Å²) in [7, 11) is 1.40. The van der Waals surface area contributed by atoms with E-state index in [0.717, 1.165) is 11.2 Å².